The van der Waals surface area contributed by atoms with Crippen LogP contribution in [0.15, 0.2) is 64.0 Å². The second-order valence-corrected chi connectivity index (χ2v) is 10.0. The minimum Gasteiger partial charge on any atom is -0.303 e. The Bertz CT molecular complexity index is 888. The molecule has 2 aliphatic heterocycles. The Labute approximate surface area is 164 Å². The van der Waals surface area contributed by atoms with Gasteiger partial charge in [-0.05, 0) is 56.1 Å². The predicted molar refractivity (Wildman–Crippen MR) is 106 cm³/mol. The molecule has 3 atom stereocenters. The summed E-state index contributed by atoms with van der Waals surface area (Å²) in [6.07, 6.45) is 1.89. The molecule has 2 saturated heterocycles. The van der Waals surface area contributed by atoms with Crippen molar-refractivity contribution in [2.45, 2.75) is 29.8 Å². The SMILES string of the molecule is CN1CC[C@@H]2CN(S(=O)(=O)c3ccccc3)[C@H](c3ccccc3Br)C[C@@H]21. The molecule has 0 N–H and O–H groups in total. The van der Waals surface area contributed by atoms with Crippen LogP contribution in [0.5, 0.6) is 0 Å². The van der Waals surface area contributed by atoms with Crippen LogP contribution in [0.3, 0.4) is 0 Å². The molecule has 0 spiro atoms. The van der Waals surface area contributed by atoms with Crippen LogP contribution in [0.25, 0.3) is 0 Å². The standard InChI is InChI=1S/C20H23BrN2O2S/c1-22-12-11-15-14-23(26(24,25)16-7-3-2-4-8-16)20(13-19(15)22)17-9-5-6-10-18(17)21/h2-10,15,19-20H,11-14H2,1H3/t15-,19+,20+/m1/s1. The Balaban J connectivity index is 1.78. The maximum atomic E-state index is 13.4. The lowest BCUT2D eigenvalue weighted by atomic mass is 9.87. The molecular formula is C20H23BrN2O2S. The fourth-order valence-corrected chi connectivity index (χ4v) is 6.64. The number of piperidine rings is 1. The van der Waals surface area contributed by atoms with Crippen molar-refractivity contribution in [1.29, 1.82) is 0 Å². The van der Waals surface area contributed by atoms with E-state index >= 15 is 0 Å². The van der Waals surface area contributed by atoms with Gasteiger partial charge in [-0.15, -0.1) is 0 Å². The number of sulfonamides is 1. The molecule has 2 aromatic rings. The Hall–Kier alpha value is -1.21. The maximum absolute atomic E-state index is 13.4. The normalized spacial score (nSPS) is 27.4. The van der Waals surface area contributed by atoms with Gasteiger partial charge in [0.15, 0.2) is 0 Å². The topological polar surface area (TPSA) is 40.6 Å². The van der Waals surface area contributed by atoms with Crippen molar-refractivity contribution in [3.8, 4) is 0 Å². The van der Waals surface area contributed by atoms with Crippen LogP contribution in [0.1, 0.15) is 24.4 Å². The van der Waals surface area contributed by atoms with Gasteiger partial charge in [0.05, 0.1) is 10.9 Å². The molecule has 0 bridgehead atoms. The van der Waals surface area contributed by atoms with E-state index in [1.165, 1.54) is 0 Å². The van der Waals surface area contributed by atoms with Crippen LogP contribution >= 0.6 is 15.9 Å². The first kappa shape index (κ1) is 18.2. The highest BCUT2D eigenvalue weighted by atomic mass is 79.9. The molecule has 0 unspecified atom stereocenters. The van der Waals surface area contributed by atoms with E-state index in [0.29, 0.717) is 23.4 Å². The molecule has 0 aromatic heterocycles. The van der Waals surface area contributed by atoms with Gasteiger partial charge in [0.25, 0.3) is 0 Å². The summed E-state index contributed by atoms with van der Waals surface area (Å²) < 4.78 is 29.6. The minimum absolute atomic E-state index is 0.155. The lowest BCUT2D eigenvalue weighted by Gasteiger charge is -2.42. The third-order valence-corrected chi connectivity index (χ3v) is 8.41. The molecule has 2 aliphatic rings. The number of halogens is 1. The molecule has 26 heavy (non-hydrogen) atoms. The summed E-state index contributed by atoms with van der Waals surface area (Å²) in [5, 5.41) is 0. The third kappa shape index (κ3) is 3.13. The number of likely N-dealkylation sites (tertiary alicyclic amines) is 1. The second kappa shape index (κ2) is 7.08. The third-order valence-electron chi connectivity index (χ3n) is 5.80. The van der Waals surface area contributed by atoms with Crippen LogP contribution in [0.4, 0.5) is 0 Å². The van der Waals surface area contributed by atoms with E-state index < -0.39 is 10.0 Å². The van der Waals surface area contributed by atoms with E-state index in [4.69, 9.17) is 0 Å². The van der Waals surface area contributed by atoms with E-state index in [2.05, 4.69) is 27.9 Å². The lowest BCUT2D eigenvalue weighted by Crippen LogP contribution is -2.49. The van der Waals surface area contributed by atoms with Crippen LogP contribution in [-0.2, 0) is 10.0 Å². The zero-order chi connectivity index (χ0) is 18.3. The maximum Gasteiger partial charge on any atom is 0.243 e. The molecule has 0 radical (unpaired) electrons. The van der Waals surface area contributed by atoms with E-state index in [9.17, 15) is 8.42 Å². The van der Waals surface area contributed by atoms with Gasteiger partial charge in [0.2, 0.25) is 10.0 Å². The zero-order valence-corrected chi connectivity index (χ0v) is 17.2. The fourth-order valence-electron chi connectivity index (χ4n) is 4.40. The van der Waals surface area contributed by atoms with Crippen molar-refractivity contribution in [2.24, 2.45) is 5.92 Å². The van der Waals surface area contributed by atoms with Crippen LogP contribution < -0.4 is 0 Å². The van der Waals surface area contributed by atoms with Crippen LogP contribution in [0, 0.1) is 5.92 Å². The Kier molecular flexibility index (Phi) is 4.94. The molecule has 4 nitrogen and oxygen atoms in total. The van der Waals surface area contributed by atoms with Gasteiger partial charge in [-0.3, -0.25) is 0 Å². The second-order valence-electron chi connectivity index (χ2n) is 7.26. The zero-order valence-electron chi connectivity index (χ0n) is 14.8. The number of nitrogens with zero attached hydrogens (tertiary/aromatic N) is 2. The van der Waals surface area contributed by atoms with Gasteiger partial charge in [-0.1, -0.05) is 52.3 Å². The lowest BCUT2D eigenvalue weighted by molar-refractivity contribution is 0.130. The van der Waals surface area contributed by atoms with Crippen molar-refractivity contribution >= 4 is 26.0 Å². The van der Waals surface area contributed by atoms with Gasteiger partial charge >= 0.3 is 0 Å². The summed E-state index contributed by atoms with van der Waals surface area (Å²) in [6, 6.07) is 17.1. The molecule has 0 amide bonds. The number of hydrogen-bond donors (Lipinski definition) is 0. The van der Waals surface area contributed by atoms with Crippen LogP contribution in [0.2, 0.25) is 0 Å². The van der Waals surface area contributed by atoms with Gasteiger partial charge in [0.1, 0.15) is 0 Å². The minimum atomic E-state index is -3.54. The summed E-state index contributed by atoms with van der Waals surface area (Å²) in [5.74, 6) is 0.400. The summed E-state index contributed by atoms with van der Waals surface area (Å²) in [5.41, 5.74) is 1.05. The van der Waals surface area contributed by atoms with Crippen molar-refractivity contribution < 1.29 is 8.42 Å². The molecule has 2 heterocycles. The molecule has 0 aliphatic carbocycles. The molecular weight excluding hydrogens is 412 g/mol. The first-order chi connectivity index (χ1) is 12.5. The predicted octanol–water partition coefficient (Wildman–Crippen LogP) is 3.91. The van der Waals surface area contributed by atoms with E-state index in [1.807, 2.05) is 30.3 Å². The average molecular weight is 435 g/mol. The molecule has 6 heteroatoms. The summed E-state index contributed by atoms with van der Waals surface area (Å²) >= 11 is 3.63. The first-order valence-electron chi connectivity index (χ1n) is 9.00. The average Bonchev–Trinajstić information content (AvgIpc) is 3.02. The highest BCUT2D eigenvalue weighted by Gasteiger charge is 2.46. The number of fused-ring (bicyclic) bond motifs is 1. The Morgan fingerprint density at radius 3 is 2.46 bits per heavy atom. The monoisotopic (exact) mass is 434 g/mol. The summed E-state index contributed by atoms with van der Waals surface area (Å²) in [7, 11) is -1.38. The Morgan fingerprint density at radius 2 is 1.73 bits per heavy atom. The summed E-state index contributed by atoms with van der Waals surface area (Å²) in [6.45, 7) is 1.62. The fraction of sp³-hybridized carbons (Fsp3) is 0.400. The van der Waals surface area contributed by atoms with E-state index in [-0.39, 0.29) is 6.04 Å². The quantitative estimate of drug-likeness (QED) is 0.734. The highest BCUT2D eigenvalue weighted by molar-refractivity contribution is 9.10. The van der Waals surface area contributed by atoms with Gasteiger partial charge in [0, 0.05) is 17.1 Å². The largest absolute Gasteiger partial charge is 0.303 e. The van der Waals surface area contributed by atoms with E-state index in [0.717, 1.165) is 29.4 Å². The Morgan fingerprint density at radius 1 is 1.04 bits per heavy atom. The van der Waals surface area contributed by atoms with Crippen molar-refractivity contribution in [1.82, 2.24) is 9.21 Å². The van der Waals surface area contributed by atoms with Gasteiger partial charge in [-0.25, -0.2) is 8.42 Å². The number of hydrogen-bond acceptors (Lipinski definition) is 3. The first-order valence-corrected chi connectivity index (χ1v) is 11.2. The van der Waals surface area contributed by atoms with Crippen LogP contribution in [-0.4, -0.2) is 43.8 Å². The highest BCUT2D eigenvalue weighted by Crippen LogP contribution is 2.44. The van der Waals surface area contributed by atoms with Crippen molar-refractivity contribution in [3.05, 3.63) is 64.6 Å². The van der Waals surface area contributed by atoms with Crippen molar-refractivity contribution in [2.75, 3.05) is 20.1 Å². The van der Waals surface area contributed by atoms with E-state index in [1.54, 1.807) is 28.6 Å². The number of rotatable bonds is 3. The smallest absolute Gasteiger partial charge is 0.243 e. The number of benzene rings is 2. The molecule has 4 rings (SSSR count). The molecule has 2 fully saturated rings. The molecule has 138 valence electrons. The van der Waals surface area contributed by atoms with Crippen molar-refractivity contribution in [3.63, 3.8) is 0 Å². The molecule has 2 aromatic carbocycles. The van der Waals surface area contributed by atoms with Gasteiger partial charge in [-0.2, -0.15) is 4.31 Å². The molecule has 0 saturated carbocycles. The van der Waals surface area contributed by atoms with Gasteiger partial charge < -0.3 is 4.90 Å². The summed E-state index contributed by atoms with van der Waals surface area (Å²) in [4.78, 5) is 2.77.